The van der Waals surface area contributed by atoms with Gasteiger partial charge in [0.2, 0.25) is 5.91 Å². The number of ether oxygens (including phenoxy) is 1. The van der Waals surface area contributed by atoms with Crippen LogP contribution in [0.4, 0.5) is 4.79 Å². The number of primary amides is 1. The first kappa shape index (κ1) is 13.8. The molecule has 1 saturated heterocycles. The minimum absolute atomic E-state index is 0.241. The first-order valence-electron chi connectivity index (χ1n) is 5.73. The van der Waals surface area contributed by atoms with Crippen molar-refractivity contribution in [2.24, 2.45) is 17.4 Å². The molecule has 2 atom stereocenters. The van der Waals surface area contributed by atoms with Crippen LogP contribution in [0.15, 0.2) is 0 Å². The number of carbonyl (C=O) groups is 2. The second-order valence-corrected chi connectivity index (χ2v) is 5.39. The molecule has 0 radical (unpaired) electrons. The Labute approximate surface area is 101 Å². The molecule has 0 bridgehead atoms. The summed E-state index contributed by atoms with van der Waals surface area (Å²) in [6.07, 6.45) is 0.142. The second-order valence-electron chi connectivity index (χ2n) is 5.39. The molecule has 0 unspecified atom stereocenters. The Morgan fingerprint density at radius 1 is 1.35 bits per heavy atom. The molecule has 0 aromatic rings. The van der Waals surface area contributed by atoms with Crippen LogP contribution >= 0.6 is 0 Å². The third-order valence-corrected chi connectivity index (χ3v) is 2.68. The first-order chi connectivity index (χ1) is 7.70. The zero-order valence-corrected chi connectivity index (χ0v) is 10.6. The van der Waals surface area contributed by atoms with Crippen molar-refractivity contribution < 1.29 is 14.3 Å². The smallest absolute Gasteiger partial charge is 0.410 e. The molecule has 17 heavy (non-hydrogen) atoms. The molecular weight excluding hydrogens is 222 g/mol. The summed E-state index contributed by atoms with van der Waals surface area (Å²) >= 11 is 0. The van der Waals surface area contributed by atoms with Crippen LogP contribution in [0.25, 0.3) is 0 Å². The highest BCUT2D eigenvalue weighted by Gasteiger charge is 2.34. The molecule has 6 heteroatoms. The third kappa shape index (κ3) is 3.89. The maximum atomic E-state index is 11.8. The van der Waals surface area contributed by atoms with Crippen molar-refractivity contribution in [1.29, 1.82) is 0 Å². The highest BCUT2D eigenvalue weighted by Crippen LogP contribution is 2.18. The van der Waals surface area contributed by atoms with Gasteiger partial charge in [-0.15, -0.1) is 0 Å². The number of likely N-dealkylation sites (tertiary alicyclic amines) is 1. The Balaban J connectivity index is 2.62. The van der Waals surface area contributed by atoms with E-state index in [-0.39, 0.29) is 12.6 Å². The van der Waals surface area contributed by atoms with Crippen molar-refractivity contribution in [2.45, 2.75) is 38.8 Å². The summed E-state index contributed by atoms with van der Waals surface area (Å²) < 4.78 is 5.23. The number of piperidine rings is 1. The molecule has 0 aliphatic carbocycles. The van der Waals surface area contributed by atoms with E-state index in [1.807, 2.05) is 0 Å². The van der Waals surface area contributed by atoms with Gasteiger partial charge in [-0.05, 0) is 27.2 Å². The number of rotatable bonds is 1. The fourth-order valence-corrected chi connectivity index (χ4v) is 1.76. The minimum Gasteiger partial charge on any atom is -0.444 e. The summed E-state index contributed by atoms with van der Waals surface area (Å²) in [5.74, 6) is -0.956. The van der Waals surface area contributed by atoms with E-state index in [9.17, 15) is 9.59 Å². The second kappa shape index (κ2) is 4.91. The van der Waals surface area contributed by atoms with Crippen LogP contribution in [0.1, 0.15) is 27.2 Å². The van der Waals surface area contributed by atoms with Crippen LogP contribution < -0.4 is 11.5 Å². The standard InChI is InChI=1S/C11H21N3O3/c1-11(2,3)17-10(16)14-5-4-8(12)7(6-14)9(13)15/h7-8H,4-6,12H2,1-3H3,(H2,13,15)/t7-,8+/m1/s1. The largest absolute Gasteiger partial charge is 0.444 e. The van der Waals surface area contributed by atoms with E-state index < -0.39 is 23.5 Å². The van der Waals surface area contributed by atoms with E-state index in [4.69, 9.17) is 16.2 Å². The zero-order valence-electron chi connectivity index (χ0n) is 10.6. The average Bonchev–Trinajstić information content (AvgIpc) is 2.14. The predicted octanol–water partition coefficient (Wildman–Crippen LogP) is 0.0560. The number of amides is 2. The molecule has 1 fully saturated rings. The van der Waals surface area contributed by atoms with Crippen molar-refractivity contribution in [2.75, 3.05) is 13.1 Å². The predicted molar refractivity (Wildman–Crippen MR) is 63.1 cm³/mol. The molecule has 0 saturated carbocycles. The fraction of sp³-hybridized carbons (Fsp3) is 0.818. The molecule has 1 aliphatic rings. The lowest BCUT2D eigenvalue weighted by molar-refractivity contribution is -0.123. The van der Waals surface area contributed by atoms with Gasteiger partial charge >= 0.3 is 6.09 Å². The van der Waals surface area contributed by atoms with E-state index in [0.717, 1.165) is 0 Å². The zero-order chi connectivity index (χ0) is 13.2. The lowest BCUT2D eigenvalue weighted by Crippen LogP contribution is -2.54. The molecule has 0 spiro atoms. The van der Waals surface area contributed by atoms with Gasteiger partial charge in [-0.25, -0.2) is 4.79 Å². The van der Waals surface area contributed by atoms with E-state index in [1.54, 1.807) is 20.8 Å². The molecular formula is C11H21N3O3. The molecule has 0 aromatic heterocycles. The van der Waals surface area contributed by atoms with Crippen molar-refractivity contribution in [3.05, 3.63) is 0 Å². The Morgan fingerprint density at radius 2 is 1.94 bits per heavy atom. The maximum absolute atomic E-state index is 11.8. The van der Waals surface area contributed by atoms with Crippen LogP contribution in [0.2, 0.25) is 0 Å². The first-order valence-corrected chi connectivity index (χ1v) is 5.73. The van der Waals surface area contributed by atoms with Crippen molar-refractivity contribution in [1.82, 2.24) is 4.90 Å². The fourth-order valence-electron chi connectivity index (χ4n) is 1.76. The van der Waals surface area contributed by atoms with Gasteiger partial charge in [0.1, 0.15) is 5.60 Å². The summed E-state index contributed by atoms with van der Waals surface area (Å²) in [4.78, 5) is 24.5. The number of nitrogens with two attached hydrogens (primary N) is 2. The molecule has 6 nitrogen and oxygen atoms in total. The highest BCUT2D eigenvalue weighted by atomic mass is 16.6. The Morgan fingerprint density at radius 3 is 2.41 bits per heavy atom. The van der Waals surface area contributed by atoms with E-state index in [0.29, 0.717) is 13.0 Å². The van der Waals surface area contributed by atoms with Gasteiger partial charge in [-0.1, -0.05) is 0 Å². The SMILES string of the molecule is CC(C)(C)OC(=O)N1CC[C@H](N)[C@H](C(N)=O)C1. The average molecular weight is 243 g/mol. The number of carbonyl (C=O) groups excluding carboxylic acids is 2. The van der Waals surface area contributed by atoms with Crippen molar-refractivity contribution >= 4 is 12.0 Å². The minimum atomic E-state index is -0.543. The normalized spacial score (nSPS) is 25.5. The van der Waals surface area contributed by atoms with Crippen LogP contribution in [-0.2, 0) is 9.53 Å². The third-order valence-electron chi connectivity index (χ3n) is 2.68. The summed E-state index contributed by atoms with van der Waals surface area (Å²) in [7, 11) is 0. The monoisotopic (exact) mass is 243 g/mol. The topological polar surface area (TPSA) is 98.7 Å². The van der Waals surface area contributed by atoms with Crippen molar-refractivity contribution in [3.63, 3.8) is 0 Å². The van der Waals surface area contributed by atoms with Gasteiger partial charge in [0.15, 0.2) is 0 Å². The molecule has 2 amide bonds. The van der Waals surface area contributed by atoms with E-state index in [2.05, 4.69) is 0 Å². The molecule has 0 aromatic carbocycles. The van der Waals surface area contributed by atoms with Gasteiger partial charge in [0, 0.05) is 19.1 Å². The van der Waals surface area contributed by atoms with Gasteiger partial charge in [-0.3, -0.25) is 4.79 Å². The maximum Gasteiger partial charge on any atom is 0.410 e. The lowest BCUT2D eigenvalue weighted by Gasteiger charge is -2.36. The lowest BCUT2D eigenvalue weighted by atomic mass is 9.92. The van der Waals surface area contributed by atoms with Crippen LogP contribution in [-0.4, -0.2) is 41.6 Å². The Kier molecular flexibility index (Phi) is 3.98. The Bertz CT molecular complexity index is 312. The van der Waals surface area contributed by atoms with Crippen LogP contribution in [0.3, 0.4) is 0 Å². The van der Waals surface area contributed by atoms with E-state index in [1.165, 1.54) is 4.90 Å². The highest BCUT2D eigenvalue weighted by molar-refractivity contribution is 5.79. The molecule has 1 aliphatic heterocycles. The molecule has 98 valence electrons. The van der Waals surface area contributed by atoms with Gasteiger partial charge in [0.05, 0.1) is 5.92 Å². The van der Waals surface area contributed by atoms with Crippen LogP contribution in [0, 0.1) is 5.92 Å². The van der Waals surface area contributed by atoms with Gasteiger partial charge < -0.3 is 21.1 Å². The number of hydrogen-bond donors (Lipinski definition) is 2. The number of nitrogens with zero attached hydrogens (tertiary/aromatic N) is 1. The van der Waals surface area contributed by atoms with Crippen LogP contribution in [0.5, 0.6) is 0 Å². The van der Waals surface area contributed by atoms with E-state index >= 15 is 0 Å². The summed E-state index contributed by atoms with van der Waals surface area (Å²) in [6, 6.07) is -0.272. The Hall–Kier alpha value is -1.30. The van der Waals surface area contributed by atoms with Gasteiger partial charge in [0.25, 0.3) is 0 Å². The molecule has 1 heterocycles. The molecule has 1 rings (SSSR count). The van der Waals surface area contributed by atoms with Crippen molar-refractivity contribution in [3.8, 4) is 0 Å². The summed E-state index contributed by atoms with van der Waals surface area (Å²) in [5.41, 5.74) is 10.5. The van der Waals surface area contributed by atoms with Gasteiger partial charge in [-0.2, -0.15) is 0 Å². The summed E-state index contributed by atoms with van der Waals surface area (Å²) in [5, 5.41) is 0. The molecule has 4 N–H and O–H groups in total. The summed E-state index contributed by atoms with van der Waals surface area (Å²) in [6.45, 7) is 6.13. The number of hydrogen-bond acceptors (Lipinski definition) is 4. The quantitative estimate of drug-likeness (QED) is 0.680.